The van der Waals surface area contributed by atoms with Crippen molar-refractivity contribution in [1.82, 2.24) is 4.31 Å². The van der Waals surface area contributed by atoms with Crippen molar-refractivity contribution in [3.63, 3.8) is 0 Å². The fourth-order valence-electron chi connectivity index (χ4n) is 3.64. The van der Waals surface area contributed by atoms with E-state index in [0.717, 1.165) is 22.1 Å². The van der Waals surface area contributed by atoms with E-state index in [2.05, 4.69) is 0 Å². The molecule has 144 valence electrons. The van der Waals surface area contributed by atoms with E-state index in [-0.39, 0.29) is 5.37 Å². The predicted molar refractivity (Wildman–Crippen MR) is 110 cm³/mol. The van der Waals surface area contributed by atoms with Gasteiger partial charge in [0, 0.05) is 12.3 Å². The summed E-state index contributed by atoms with van der Waals surface area (Å²) in [5, 5.41) is 1.68. The van der Waals surface area contributed by atoms with Crippen LogP contribution in [0.1, 0.15) is 10.9 Å². The summed E-state index contributed by atoms with van der Waals surface area (Å²) >= 11 is 1.63. The van der Waals surface area contributed by atoms with Crippen molar-refractivity contribution in [3.05, 3.63) is 66.2 Å². The normalized spacial score (nSPS) is 19.8. The van der Waals surface area contributed by atoms with Crippen molar-refractivity contribution in [2.75, 3.05) is 25.5 Å². The molecule has 1 saturated heterocycles. The lowest BCUT2D eigenvalue weighted by Crippen LogP contribution is -2.30. The lowest BCUT2D eigenvalue weighted by molar-refractivity contribution is 0.171. The molecule has 0 aliphatic carbocycles. The number of thioether (sulfide) groups is 1. The Morgan fingerprint density at radius 3 is 2.54 bits per heavy atom. The van der Waals surface area contributed by atoms with E-state index in [1.807, 2.05) is 48.5 Å². The van der Waals surface area contributed by atoms with E-state index in [0.29, 0.717) is 36.2 Å². The summed E-state index contributed by atoms with van der Waals surface area (Å²) in [6.45, 7) is 1.53. The van der Waals surface area contributed by atoms with Gasteiger partial charge in [0.1, 0.15) is 13.2 Å². The van der Waals surface area contributed by atoms with Crippen LogP contribution in [-0.4, -0.2) is 38.2 Å². The molecule has 1 fully saturated rings. The molecule has 3 aromatic rings. The molecule has 0 saturated carbocycles. The second-order valence-electron chi connectivity index (χ2n) is 6.75. The standard InChI is InChI=1S/C21H19NO4S2/c23-28(24,18-7-5-15-3-1-2-4-16(15)13-18)22-9-12-27-21(22)17-6-8-19-20(14-17)26-11-10-25-19/h1-8,13-14,21H,9-12H2. The third-order valence-electron chi connectivity index (χ3n) is 5.03. The molecular formula is C21H19NO4S2. The Morgan fingerprint density at radius 2 is 1.68 bits per heavy atom. The molecule has 2 aliphatic rings. The summed E-state index contributed by atoms with van der Waals surface area (Å²) in [6, 6.07) is 18.8. The second kappa shape index (κ2) is 6.99. The van der Waals surface area contributed by atoms with Crippen LogP contribution >= 0.6 is 11.8 Å². The smallest absolute Gasteiger partial charge is 0.244 e. The van der Waals surface area contributed by atoms with Crippen molar-refractivity contribution in [1.29, 1.82) is 0 Å². The van der Waals surface area contributed by atoms with Gasteiger partial charge in [0.2, 0.25) is 10.0 Å². The first-order valence-electron chi connectivity index (χ1n) is 9.15. The van der Waals surface area contributed by atoms with Gasteiger partial charge < -0.3 is 9.47 Å². The van der Waals surface area contributed by atoms with Gasteiger partial charge >= 0.3 is 0 Å². The van der Waals surface area contributed by atoms with Crippen molar-refractivity contribution >= 4 is 32.6 Å². The summed E-state index contributed by atoms with van der Waals surface area (Å²) in [6.07, 6.45) is 0. The number of benzene rings is 3. The topological polar surface area (TPSA) is 55.8 Å². The van der Waals surface area contributed by atoms with Gasteiger partial charge in [-0.2, -0.15) is 4.31 Å². The van der Waals surface area contributed by atoms with Crippen LogP contribution in [0.5, 0.6) is 11.5 Å². The third kappa shape index (κ3) is 3.03. The predicted octanol–water partition coefficient (Wildman–Crippen LogP) is 4.05. The molecule has 0 aromatic heterocycles. The molecule has 0 bridgehead atoms. The highest BCUT2D eigenvalue weighted by atomic mass is 32.2. The van der Waals surface area contributed by atoms with Gasteiger partial charge in [0.15, 0.2) is 11.5 Å². The van der Waals surface area contributed by atoms with Crippen LogP contribution in [0.2, 0.25) is 0 Å². The maximum absolute atomic E-state index is 13.4. The highest BCUT2D eigenvalue weighted by molar-refractivity contribution is 8.01. The van der Waals surface area contributed by atoms with E-state index in [9.17, 15) is 8.42 Å². The van der Waals surface area contributed by atoms with Crippen LogP contribution in [0.4, 0.5) is 0 Å². The Bertz CT molecular complexity index is 1150. The zero-order valence-corrected chi connectivity index (χ0v) is 16.7. The summed E-state index contributed by atoms with van der Waals surface area (Å²) in [5.74, 6) is 2.15. The Labute approximate surface area is 168 Å². The fraction of sp³-hybridized carbons (Fsp3) is 0.238. The Balaban J connectivity index is 1.51. The van der Waals surface area contributed by atoms with Crippen LogP contribution in [0.15, 0.2) is 65.6 Å². The first-order chi connectivity index (χ1) is 13.6. The average molecular weight is 414 g/mol. The molecule has 5 nitrogen and oxygen atoms in total. The molecule has 2 aliphatic heterocycles. The van der Waals surface area contributed by atoms with E-state index in [1.165, 1.54) is 0 Å². The highest BCUT2D eigenvalue weighted by Gasteiger charge is 2.37. The third-order valence-corrected chi connectivity index (χ3v) is 8.28. The van der Waals surface area contributed by atoms with Crippen molar-refractivity contribution in [3.8, 4) is 11.5 Å². The van der Waals surface area contributed by atoms with Crippen LogP contribution < -0.4 is 9.47 Å². The summed E-state index contributed by atoms with van der Waals surface area (Å²) in [4.78, 5) is 0.330. The van der Waals surface area contributed by atoms with E-state index in [4.69, 9.17) is 9.47 Å². The number of sulfonamides is 1. The van der Waals surface area contributed by atoms with Crippen LogP contribution in [-0.2, 0) is 10.0 Å². The number of rotatable bonds is 3. The number of hydrogen-bond acceptors (Lipinski definition) is 5. The molecule has 2 heterocycles. The Hall–Kier alpha value is -2.22. The quantitative estimate of drug-likeness (QED) is 0.648. The molecule has 0 spiro atoms. The molecule has 3 aromatic carbocycles. The fourth-order valence-corrected chi connectivity index (χ4v) is 6.91. The maximum atomic E-state index is 13.4. The van der Waals surface area contributed by atoms with Gasteiger partial charge in [0.25, 0.3) is 0 Å². The Kier molecular flexibility index (Phi) is 4.45. The van der Waals surface area contributed by atoms with E-state index >= 15 is 0 Å². The Morgan fingerprint density at radius 1 is 0.893 bits per heavy atom. The first-order valence-corrected chi connectivity index (χ1v) is 11.6. The van der Waals surface area contributed by atoms with Crippen molar-refractivity contribution < 1.29 is 17.9 Å². The minimum absolute atomic E-state index is 0.271. The molecular weight excluding hydrogens is 394 g/mol. The lowest BCUT2D eigenvalue weighted by Gasteiger charge is -2.25. The maximum Gasteiger partial charge on any atom is 0.244 e. The zero-order valence-electron chi connectivity index (χ0n) is 15.1. The number of hydrogen-bond donors (Lipinski definition) is 0. The van der Waals surface area contributed by atoms with E-state index < -0.39 is 10.0 Å². The molecule has 7 heteroatoms. The van der Waals surface area contributed by atoms with Gasteiger partial charge in [-0.15, -0.1) is 11.8 Å². The highest BCUT2D eigenvalue weighted by Crippen LogP contribution is 2.44. The SMILES string of the molecule is O=S(=O)(c1ccc2ccccc2c1)N1CCSC1c1ccc2c(c1)OCCO2. The largest absolute Gasteiger partial charge is 0.486 e. The molecule has 28 heavy (non-hydrogen) atoms. The summed E-state index contributed by atoms with van der Waals surface area (Å²) in [5.41, 5.74) is 0.913. The van der Waals surface area contributed by atoms with Crippen LogP contribution in [0.3, 0.4) is 0 Å². The molecule has 0 amide bonds. The van der Waals surface area contributed by atoms with E-state index in [1.54, 1.807) is 28.2 Å². The van der Waals surface area contributed by atoms with Gasteiger partial charge in [-0.25, -0.2) is 8.42 Å². The first kappa shape index (κ1) is 17.8. The van der Waals surface area contributed by atoms with Crippen molar-refractivity contribution in [2.24, 2.45) is 0 Å². The van der Waals surface area contributed by atoms with Gasteiger partial charge in [0.05, 0.1) is 10.3 Å². The molecule has 1 atom stereocenters. The molecule has 0 radical (unpaired) electrons. The molecule has 1 unspecified atom stereocenters. The number of ether oxygens (including phenoxy) is 2. The number of nitrogens with zero attached hydrogens (tertiary/aromatic N) is 1. The second-order valence-corrected chi connectivity index (χ2v) is 9.83. The minimum Gasteiger partial charge on any atom is -0.486 e. The monoisotopic (exact) mass is 413 g/mol. The average Bonchev–Trinajstić information content (AvgIpc) is 3.24. The molecule has 0 N–H and O–H groups in total. The van der Waals surface area contributed by atoms with Crippen LogP contribution in [0.25, 0.3) is 10.8 Å². The lowest BCUT2D eigenvalue weighted by atomic mass is 10.1. The zero-order chi connectivity index (χ0) is 19.1. The summed E-state index contributed by atoms with van der Waals surface area (Å²) < 4.78 is 39.7. The van der Waals surface area contributed by atoms with Gasteiger partial charge in [-0.3, -0.25) is 0 Å². The van der Waals surface area contributed by atoms with Crippen molar-refractivity contribution in [2.45, 2.75) is 10.3 Å². The van der Waals surface area contributed by atoms with Crippen LogP contribution in [0, 0.1) is 0 Å². The number of fused-ring (bicyclic) bond motifs is 2. The van der Waals surface area contributed by atoms with Gasteiger partial charge in [-0.05, 0) is 40.6 Å². The van der Waals surface area contributed by atoms with Gasteiger partial charge in [-0.1, -0.05) is 36.4 Å². The molecule has 5 rings (SSSR count). The summed E-state index contributed by atoms with van der Waals surface area (Å²) in [7, 11) is -3.61. The minimum atomic E-state index is -3.61.